The van der Waals surface area contributed by atoms with E-state index in [9.17, 15) is 14.7 Å². The molecule has 0 spiro atoms. The summed E-state index contributed by atoms with van der Waals surface area (Å²) < 4.78 is 5.65. The van der Waals surface area contributed by atoms with Gasteiger partial charge in [-0.1, -0.05) is 29.8 Å². The summed E-state index contributed by atoms with van der Waals surface area (Å²) in [6, 6.07) is 3.95. The van der Waals surface area contributed by atoms with E-state index in [2.05, 4.69) is 10.2 Å². The molecule has 2 bridgehead atoms. The fourth-order valence-electron chi connectivity index (χ4n) is 3.45. The Labute approximate surface area is 157 Å². The highest BCUT2D eigenvalue weighted by Crippen LogP contribution is 2.26. The maximum absolute atomic E-state index is 12.6. The normalized spacial score (nSPS) is 26.0. The SMILES string of the molecule is O=C1N[C@H](C(=O)O)Cc2ccc(c(Cl)c2)OC/C=C/CCN2CCCC12. The molecule has 140 valence electrons. The topological polar surface area (TPSA) is 78.9 Å². The summed E-state index contributed by atoms with van der Waals surface area (Å²) in [6.45, 7) is 2.04. The van der Waals surface area contributed by atoms with Crippen LogP contribution in [0.4, 0.5) is 0 Å². The quantitative estimate of drug-likeness (QED) is 0.733. The van der Waals surface area contributed by atoms with Gasteiger partial charge in [0, 0.05) is 13.0 Å². The van der Waals surface area contributed by atoms with Gasteiger partial charge in [-0.05, 0) is 43.5 Å². The number of carbonyl (C=O) groups is 2. The number of halogens is 1. The number of fused-ring (bicyclic) bond motifs is 9. The van der Waals surface area contributed by atoms with Gasteiger partial charge in [0.25, 0.3) is 0 Å². The van der Waals surface area contributed by atoms with Crippen LogP contribution in [0.3, 0.4) is 0 Å². The zero-order valence-electron chi connectivity index (χ0n) is 14.5. The number of carboxylic acid groups (broad SMARTS) is 1. The number of ether oxygens (including phenoxy) is 1. The number of carbonyl (C=O) groups excluding carboxylic acids is 1. The summed E-state index contributed by atoms with van der Waals surface area (Å²) in [5, 5.41) is 12.7. The minimum absolute atomic E-state index is 0.174. The van der Waals surface area contributed by atoms with Gasteiger partial charge in [-0.15, -0.1) is 0 Å². The van der Waals surface area contributed by atoms with E-state index in [1.54, 1.807) is 18.2 Å². The molecule has 1 amide bonds. The molecule has 3 aliphatic heterocycles. The highest BCUT2D eigenvalue weighted by Gasteiger charge is 2.32. The summed E-state index contributed by atoms with van der Waals surface area (Å²) >= 11 is 6.23. The van der Waals surface area contributed by atoms with Crippen LogP contribution >= 0.6 is 11.6 Å². The molecule has 0 aromatic heterocycles. The Morgan fingerprint density at radius 3 is 2.92 bits per heavy atom. The number of nitrogens with one attached hydrogen (secondary N) is 1. The van der Waals surface area contributed by atoms with Gasteiger partial charge < -0.3 is 15.2 Å². The van der Waals surface area contributed by atoms with Gasteiger partial charge in [-0.3, -0.25) is 9.69 Å². The van der Waals surface area contributed by atoms with Crippen molar-refractivity contribution in [1.82, 2.24) is 10.2 Å². The molecule has 2 atom stereocenters. The van der Waals surface area contributed by atoms with E-state index in [-0.39, 0.29) is 18.4 Å². The maximum Gasteiger partial charge on any atom is 0.326 e. The monoisotopic (exact) mass is 378 g/mol. The second-order valence-electron chi connectivity index (χ2n) is 6.63. The Bertz CT molecular complexity index is 707. The Kier molecular flexibility index (Phi) is 6.16. The Morgan fingerprint density at radius 2 is 2.15 bits per heavy atom. The van der Waals surface area contributed by atoms with Crippen molar-refractivity contribution in [2.24, 2.45) is 0 Å². The van der Waals surface area contributed by atoms with Crippen LogP contribution in [0.15, 0.2) is 30.4 Å². The number of hydrogen-bond donors (Lipinski definition) is 2. The first-order chi connectivity index (χ1) is 12.5. The molecule has 1 saturated heterocycles. The summed E-state index contributed by atoms with van der Waals surface area (Å²) in [6.07, 6.45) is 6.66. The van der Waals surface area contributed by atoms with E-state index >= 15 is 0 Å². The van der Waals surface area contributed by atoms with Gasteiger partial charge in [0.1, 0.15) is 18.4 Å². The van der Waals surface area contributed by atoms with Crippen molar-refractivity contribution in [3.05, 3.63) is 40.9 Å². The molecule has 7 heteroatoms. The molecule has 0 radical (unpaired) electrons. The predicted molar refractivity (Wildman–Crippen MR) is 98.6 cm³/mol. The van der Waals surface area contributed by atoms with Crippen LogP contribution in [0.2, 0.25) is 5.02 Å². The van der Waals surface area contributed by atoms with Crippen molar-refractivity contribution in [2.45, 2.75) is 37.8 Å². The molecular weight excluding hydrogens is 356 g/mol. The minimum Gasteiger partial charge on any atom is -0.488 e. The van der Waals surface area contributed by atoms with Crippen molar-refractivity contribution < 1.29 is 19.4 Å². The molecule has 2 N–H and O–H groups in total. The van der Waals surface area contributed by atoms with Crippen LogP contribution in [0.25, 0.3) is 0 Å². The second-order valence-corrected chi connectivity index (χ2v) is 7.04. The lowest BCUT2D eigenvalue weighted by Crippen LogP contribution is -2.50. The van der Waals surface area contributed by atoms with Crippen LogP contribution < -0.4 is 10.1 Å². The van der Waals surface area contributed by atoms with Gasteiger partial charge in [0.2, 0.25) is 5.91 Å². The number of hydrogen-bond acceptors (Lipinski definition) is 4. The first-order valence-corrected chi connectivity index (χ1v) is 9.26. The third-order valence-corrected chi connectivity index (χ3v) is 5.10. The van der Waals surface area contributed by atoms with Crippen LogP contribution in [-0.2, 0) is 16.0 Å². The third-order valence-electron chi connectivity index (χ3n) is 4.80. The van der Waals surface area contributed by atoms with Crippen molar-refractivity contribution in [3.63, 3.8) is 0 Å². The molecule has 4 rings (SSSR count). The van der Waals surface area contributed by atoms with E-state index in [1.165, 1.54) is 0 Å². The number of aliphatic carboxylic acids is 1. The largest absolute Gasteiger partial charge is 0.488 e. The van der Waals surface area contributed by atoms with Crippen molar-refractivity contribution in [1.29, 1.82) is 0 Å². The van der Waals surface area contributed by atoms with E-state index in [0.717, 1.165) is 37.9 Å². The highest BCUT2D eigenvalue weighted by atomic mass is 35.5. The highest BCUT2D eigenvalue weighted by molar-refractivity contribution is 6.32. The molecule has 0 aliphatic carbocycles. The number of benzene rings is 1. The first-order valence-electron chi connectivity index (χ1n) is 8.88. The second kappa shape index (κ2) is 8.56. The molecule has 0 saturated carbocycles. The van der Waals surface area contributed by atoms with E-state index < -0.39 is 12.0 Å². The summed E-state index contributed by atoms with van der Waals surface area (Å²) in [4.78, 5) is 26.4. The molecular formula is C19H23ClN2O4. The zero-order chi connectivity index (χ0) is 18.5. The lowest BCUT2D eigenvalue weighted by molar-refractivity contribution is -0.142. The lowest BCUT2D eigenvalue weighted by atomic mass is 10.0. The molecule has 1 fully saturated rings. The van der Waals surface area contributed by atoms with Gasteiger partial charge in [0.05, 0.1) is 11.1 Å². The number of carboxylic acids is 1. The van der Waals surface area contributed by atoms with E-state index in [4.69, 9.17) is 16.3 Å². The smallest absolute Gasteiger partial charge is 0.326 e. The van der Waals surface area contributed by atoms with Gasteiger partial charge in [-0.25, -0.2) is 4.79 Å². The summed E-state index contributed by atoms with van der Waals surface area (Å²) in [5.74, 6) is -0.705. The Balaban J connectivity index is 1.84. The zero-order valence-corrected chi connectivity index (χ0v) is 15.2. The van der Waals surface area contributed by atoms with Crippen molar-refractivity contribution in [2.75, 3.05) is 19.7 Å². The van der Waals surface area contributed by atoms with Crippen LogP contribution in [0.1, 0.15) is 24.8 Å². The molecule has 1 aromatic carbocycles. The van der Waals surface area contributed by atoms with Crippen LogP contribution in [0.5, 0.6) is 5.75 Å². The number of rotatable bonds is 1. The van der Waals surface area contributed by atoms with Crippen molar-refractivity contribution in [3.8, 4) is 5.75 Å². The average molecular weight is 379 g/mol. The molecule has 1 aromatic rings. The Hall–Kier alpha value is -2.05. The van der Waals surface area contributed by atoms with Gasteiger partial charge in [0.15, 0.2) is 0 Å². The van der Waals surface area contributed by atoms with E-state index in [0.29, 0.717) is 17.4 Å². The van der Waals surface area contributed by atoms with Crippen LogP contribution in [-0.4, -0.2) is 53.7 Å². The summed E-state index contributed by atoms with van der Waals surface area (Å²) in [5.41, 5.74) is 0.737. The molecule has 6 nitrogen and oxygen atoms in total. The molecule has 26 heavy (non-hydrogen) atoms. The molecule has 1 unspecified atom stereocenters. The molecule has 3 aliphatic rings. The fraction of sp³-hybridized carbons (Fsp3) is 0.474. The number of nitrogens with zero attached hydrogens (tertiary/aromatic N) is 1. The van der Waals surface area contributed by atoms with Crippen LogP contribution in [0, 0.1) is 0 Å². The summed E-state index contributed by atoms with van der Waals surface area (Å²) in [7, 11) is 0. The molecule has 3 heterocycles. The van der Waals surface area contributed by atoms with Crippen molar-refractivity contribution >= 4 is 23.5 Å². The lowest BCUT2D eigenvalue weighted by Gasteiger charge is -2.25. The van der Waals surface area contributed by atoms with Gasteiger partial charge >= 0.3 is 5.97 Å². The minimum atomic E-state index is -1.05. The fourth-order valence-corrected chi connectivity index (χ4v) is 3.70. The standard InChI is InChI=1S/C19H23ClN2O4/c20-14-11-13-6-7-17(14)26-10-3-1-2-8-22-9-4-5-16(22)18(23)21-15(12-13)19(24)25/h1,3,6-7,11,15-16H,2,4-5,8-10,12H2,(H,21,23)(H,24,25)/b3-1+/t15-,16?/m0/s1. The van der Waals surface area contributed by atoms with Gasteiger partial charge in [-0.2, -0.15) is 0 Å². The van der Waals surface area contributed by atoms with E-state index in [1.807, 2.05) is 12.2 Å². The third kappa shape index (κ3) is 4.56. The maximum atomic E-state index is 12.6. The Morgan fingerprint density at radius 1 is 1.31 bits per heavy atom. The predicted octanol–water partition coefficient (Wildman–Crippen LogP) is 2.25. The first kappa shape index (κ1) is 18.7. The average Bonchev–Trinajstić information content (AvgIpc) is 3.06. The number of amides is 1.